The van der Waals surface area contributed by atoms with E-state index in [0.29, 0.717) is 0 Å². The summed E-state index contributed by atoms with van der Waals surface area (Å²) in [5.74, 6) is 0. The molecule has 0 amide bonds. The molecule has 0 atom stereocenters. The third kappa shape index (κ3) is 8.48. The first-order chi connectivity index (χ1) is 6.49. The lowest BCUT2D eigenvalue weighted by molar-refractivity contribution is 0.0710. The van der Waals surface area contributed by atoms with Crippen LogP contribution in [0.5, 0.6) is 0 Å². The minimum absolute atomic E-state index is 0.539. The van der Waals surface area contributed by atoms with Gasteiger partial charge >= 0.3 is 0 Å². The Bertz CT molecular complexity index is 128. The van der Waals surface area contributed by atoms with Crippen molar-refractivity contribution in [2.75, 3.05) is 32.7 Å². The normalized spacial score (nSPS) is 12.4. The molecule has 0 rings (SSSR count). The molecule has 0 aromatic carbocycles. The smallest absolute Gasteiger partial charge is 0.0603 e. The molecule has 0 saturated heterocycles. The number of nitrogens with zero attached hydrogens (tertiary/aromatic N) is 1. The molecule has 14 heavy (non-hydrogen) atoms. The Balaban J connectivity index is 3.29. The summed E-state index contributed by atoms with van der Waals surface area (Å²) >= 11 is 0. The molecular formula is C11H26N2O. The van der Waals surface area contributed by atoms with Crippen molar-refractivity contribution in [3.8, 4) is 0 Å². The second kappa shape index (κ2) is 7.21. The van der Waals surface area contributed by atoms with Crippen molar-refractivity contribution in [2.45, 2.75) is 39.7 Å². The van der Waals surface area contributed by atoms with Crippen LogP contribution in [0.2, 0.25) is 0 Å². The quantitative estimate of drug-likeness (QED) is 0.578. The average molecular weight is 202 g/mol. The summed E-state index contributed by atoms with van der Waals surface area (Å²) in [6, 6.07) is 0. The predicted molar refractivity (Wildman–Crippen MR) is 61.6 cm³/mol. The largest absolute Gasteiger partial charge is 0.390 e. The van der Waals surface area contributed by atoms with Gasteiger partial charge in [0.2, 0.25) is 0 Å². The monoisotopic (exact) mass is 202 g/mol. The van der Waals surface area contributed by atoms with Crippen LogP contribution in [0.15, 0.2) is 0 Å². The van der Waals surface area contributed by atoms with Gasteiger partial charge in [-0.25, -0.2) is 0 Å². The maximum absolute atomic E-state index is 9.47. The summed E-state index contributed by atoms with van der Waals surface area (Å²) in [7, 11) is 0. The van der Waals surface area contributed by atoms with E-state index in [1.54, 1.807) is 0 Å². The highest BCUT2D eigenvalue weighted by Crippen LogP contribution is 2.04. The van der Waals surface area contributed by atoms with Crippen molar-refractivity contribution in [2.24, 2.45) is 0 Å². The Kier molecular flexibility index (Phi) is 7.15. The van der Waals surface area contributed by atoms with Gasteiger partial charge in [-0.1, -0.05) is 13.8 Å². The summed E-state index contributed by atoms with van der Waals surface area (Å²) in [5.41, 5.74) is -0.539. The van der Waals surface area contributed by atoms with Gasteiger partial charge in [-0.05, 0) is 39.9 Å². The number of rotatable bonds is 8. The second-order valence-corrected chi connectivity index (χ2v) is 4.34. The van der Waals surface area contributed by atoms with Crippen molar-refractivity contribution in [1.82, 2.24) is 10.2 Å². The van der Waals surface area contributed by atoms with Gasteiger partial charge in [0.05, 0.1) is 5.60 Å². The maximum Gasteiger partial charge on any atom is 0.0603 e. The lowest BCUT2D eigenvalue weighted by Crippen LogP contribution is -2.34. The highest BCUT2D eigenvalue weighted by Gasteiger charge is 2.10. The minimum atomic E-state index is -0.539. The SMILES string of the molecule is CCN(CC)CCNCCC(C)(C)O. The molecule has 0 bridgehead atoms. The van der Waals surface area contributed by atoms with Gasteiger partial charge in [-0.15, -0.1) is 0 Å². The van der Waals surface area contributed by atoms with Gasteiger partial charge in [0, 0.05) is 13.1 Å². The summed E-state index contributed by atoms with van der Waals surface area (Å²) in [6.07, 6.45) is 0.811. The Morgan fingerprint density at radius 3 is 2.14 bits per heavy atom. The lowest BCUT2D eigenvalue weighted by atomic mass is 10.1. The molecule has 0 radical (unpaired) electrons. The standard InChI is InChI=1S/C11H26N2O/c1-5-13(6-2)10-9-12-8-7-11(3,4)14/h12,14H,5-10H2,1-4H3. The molecule has 2 N–H and O–H groups in total. The first-order valence-electron chi connectivity index (χ1n) is 5.65. The topological polar surface area (TPSA) is 35.5 Å². The van der Waals surface area contributed by atoms with Gasteiger partial charge < -0.3 is 15.3 Å². The molecule has 0 aromatic heterocycles. The van der Waals surface area contributed by atoms with Crippen molar-refractivity contribution in [1.29, 1.82) is 0 Å². The average Bonchev–Trinajstić information content (AvgIpc) is 2.09. The molecular weight excluding hydrogens is 176 g/mol. The summed E-state index contributed by atoms with van der Waals surface area (Å²) in [4.78, 5) is 2.39. The molecule has 0 aliphatic rings. The first kappa shape index (κ1) is 13.9. The Hall–Kier alpha value is -0.120. The highest BCUT2D eigenvalue weighted by molar-refractivity contribution is 4.66. The van der Waals surface area contributed by atoms with E-state index >= 15 is 0 Å². The van der Waals surface area contributed by atoms with Crippen molar-refractivity contribution >= 4 is 0 Å². The van der Waals surface area contributed by atoms with Crippen LogP contribution in [0.1, 0.15) is 34.1 Å². The zero-order valence-electron chi connectivity index (χ0n) is 10.1. The van der Waals surface area contributed by atoms with Crippen LogP contribution in [0, 0.1) is 0 Å². The van der Waals surface area contributed by atoms with Gasteiger partial charge in [-0.3, -0.25) is 0 Å². The van der Waals surface area contributed by atoms with Crippen LogP contribution in [0.4, 0.5) is 0 Å². The van der Waals surface area contributed by atoms with Gasteiger partial charge in [0.15, 0.2) is 0 Å². The number of likely N-dealkylation sites (N-methyl/N-ethyl adjacent to an activating group) is 1. The number of aliphatic hydroxyl groups is 1. The van der Waals surface area contributed by atoms with Crippen LogP contribution in [-0.2, 0) is 0 Å². The number of hydrogen-bond acceptors (Lipinski definition) is 3. The van der Waals surface area contributed by atoms with E-state index in [1.165, 1.54) is 0 Å². The van der Waals surface area contributed by atoms with Crippen molar-refractivity contribution in [3.63, 3.8) is 0 Å². The Morgan fingerprint density at radius 2 is 1.71 bits per heavy atom. The van der Waals surface area contributed by atoms with E-state index < -0.39 is 5.60 Å². The number of nitrogens with one attached hydrogen (secondary N) is 1. The van der Waals surface area contributed by atoms with Crippen LogP contribution >= 0.6 is 0 Å². The third-order valence-electron chi connectivity index (χ3n) is 2.41. The molecule has 0 saturated carbocycles. The van der Waals surface area contributed by atoms with Crippen LogP contribution in [0.25, 0.3) is 0 Å². The molecule has 86 valence electrons. The third-order valence-corrected chi connectivity index (χ3v) is 2.41. The van der Waals surface area contributed by atoms with E-state index in [9.17, 15) is 5.11 Å². The van der Waals surface area contributed by atoms with E-state index in [-0.39, 0.29) is 0 Å². The molecule has 3 nitrogen and oxygen atoms in total. The molecule has 0 fully saturated rings. The first-order valence-corrected chi connectivity index (χ1v) is 5.65. The minimum Gasteiger partial charge on any atom is -0.390 e. The van der Waals surface area contributed by atoms with Gasteiger partial charge in [0.25, 0.3) is 0 Å². The fourth-order valence-corrected chi connectivity index (χ4v) is 1.30. The van der Waals surface area contributed by atoms with Crippen LogP contribution < -0.4 is 5.32 Å². The fraction of sp³-hybridized carbons (Fsp3) is 1.00. The fourth-order valence-electron chi connectivity index (χ4n) is 1.30. The van der Waals surface area contributed by atoms with Crippen molar-refractivity contribution < 1.29 is 5.11 Å². The van der Waals surface area contributed by atoms with Gasteiger partial charge in [-0.2, -0.15) is 0 Å². The second-order valence-electron chi connectivity index (χ2n) is 4.34. The predicted octanol–water partition coefficient (Wildman–Crippen LogP) is 1.08. The maximum atomic E-state index is 9.47. The van der Waals surface area contributed by atoms with E-state index in [4.69, 9.17) is 0 Å². The van der Waals surface area contributed by atoms with Crippen LogP contribution in [-0.4, -0.2) is 48.3 Å². The van der Waals surface area contributed by atoms with Crippen molar-refractivity contribution in [3.05, 3.63) is 0 Å². The zero-order chi connectivity index (χ0) is 11.0. The lowest BCUT2D eigenvalue weighted by Gasteiger charge is -2.20. The van der Waals surface area contributed by atoms with Gasteiger partial charge in [0.1, 0.15) is 0 Å². The Labute approximate surface area is 88.5 Å². The highest BCUT2D eigenvalue weighted by atomic mass is 16.3. The zero-order valence-corrected chi connectivity index (χ0v) is 10.1. The molecule has 0 aliphatic carbocycles. The summed E-state index contributed by atoms with van der Waals surface area (Å²) in [6.45, 7) is 13.3. The summed E-state index contributed by atoms with van der Waals surface area (Å²) in [5, 5.41) is 12.8. The molecule has 0 aromatic rings. The molecule has 3 heteroatoms. The van der Waals surface area contributed by atoms with Crippen LogP contribution in [0.3, 0.4) is 0 Å². The molecule has 0 unspecified atom stereocenters. The molecule has 0 aliphatic heterocycles. The molecule has 0 heterocycles. The van der Waals surface area contributed by atoms with E-state index in [2.05, 4.69) is 24.1 Å². The molecule has 0 spiro atoms. The number of hydrogen-bond donors (Lipinski definition) is 2. The van der Waals surface area contributed by atoms with E-state index in [0.717, 1.165) is 39.1 Å². The summed E-state index contributed by atoms with van der Waals surface area (Å²) < 4.78 is 0. The van der Waals surface area contributed by atoms with E-state index in [1.807, 2.05) is 13.8 Å². The Morgan fingerprint density at radius 1 is 1.14 bits per heavy atom.